The molecule has 0 amide bonds. The molecule has 3 heterocycles. The summed E-state index contributed by atoms with van der Waals surface area (Å²) in [6.45, 7) is 1.43. The van der Waals surface area contributed by atoms with Crippen LogP contribution in [0.2, 0.25) is 0 Å². The lowest BCUT2D eigenvalue weighted by Gasteiger charge is -2.29. The third-order valence-corrected chi connectivity index (χ3v) is 5.86. The van der Waals surface area contributed by atoms with Crippen LogP contribution in [0.4, 0.5) is 16.0 Å². The van der Waals surface area contributed by atoms with Crippen LogP contribution in [-0.4, -0.2) is 32.3 Å². The molecule has 5 rings (SSSR count). The molecule has 0 unspecified atom stereocenters. The molecule has 9 heteroatoms. The van der Waals surface area contributed by atoms with Crippen molar-refractivity contribution < 1.29 is 9.13 Å². The second-order valence-electron chi connectivity index (χ2n) is 7.80. The maximum atomic E-state index is 13.4. The highest BCUT2D eigenvalue weighted by Gasteiger charge is 2.27. The molecule has 32 heavy (non-hydrogen) atoms. The van der Waals surface area contributed by atoms with Crippen LogP contribution in [0.1, 0.15) is 12.0 Å². The standard InChI is InChI=1S/C23H22FN5O3/c1-26-20-19(21(30)29(23(26)31)14-15-4-6-16(24)7-5-15)28-13-3-12-27(22(28)25-20)17-8-10-18(32-2)11-9-17/h4-11H,3,12-14H2,1-2H3. The van der Waals surface area contributed by atoms with Gasteiger partial charge in [0, 0.05) is 25.8 Å². The Morgan fingerprint density at radius 2 is 1.75 bits per heavy atom. The molecule has 2 aromatic heterocycles. The Morgan fingerprint density at radius 1 is 1.03 bits per heavy atom. The topological polar surface area (TPSA) is 74.3 Å². The second kappa shape index (κ2) is 7.67. The molecule has 8 nitrogen and oxygen atoms in total. The van der Waals surface area contributed by atoms with Gasteiger partial charge in [-0.3, -0.25) is 13.9 Å². The van der Waals surface area contributed by atoms with Crippen LogP contribution >= 0.6 is 0 Å². The van der Waals surface area contributed by atoms with Gasteiger partial charge < -0.3 is 14.2 Å². The van der Waals surface area contributed by atoms with Gasteiger partial charge in [-0.05, 0) is 48.4 Å². The minimum Gasteiger partial charge on any atom is -0.497 e. The van der Waals surface area contributed by atoms with Gasteiger partial charge in [0.05, 0.1) is 13.7 Å². The summed E-state index contributed by atoms with van der Waals surface area (Å²) in [4.78, 5) is 33.1. The molecule has 4 aromatic rings. The molecule has 0 spiro atoms. The lowest BCUT2D eigenvalue weighted by atomic mass is 10.2. The zero-order valence-corrected chi connectivity index (χ0v) is 17.8. The summed E-state index contributed by atoms with van der Waals surface area (Å²) in [6.07, 6.45) is 0.824. The Hall–Kier alpha value is -3.88. The van der Waals surface area contributed by atoms with E-state index in [1.165, 1.54) is 21.3 Å². The van der Waals surface area contributed by atoms with E-state index < -0.39 is 11.2 Å². The maximum absolute atomic E-state index is 13.4. The molecule has 0 saturated heterocycles. The van der Waals surface area contributed by atoms with Crippen LogP contribution in [0.3, 0.4) is 0 Å². The maximum Gasteiger partial charge on any atom is 0.332 e. The van der Waals surface area contributed by atoms with Gasteiger partial charge >= 0.3 is 5.69 Å². The smallest absolute Gasteiger partial charge is 0.332 e. The van der Waals surface area contributed by atoms with Crippen LogP contribution in [0.25, 0.3) is 11.2 Å². The summed E-state index contributed by atoms with van der Waals surface area (Å²) in [7, 11) is 3.23. The number of halogens is 1. The summed E-state index contributed by atoms with van der Waals surface area (Å²) in [5.41, 5.74) is 1.48. The minimum atomic E-state index is -0.460. The van der Waals surface area contributed by atoms with E-state index >= 15 is 0 Å². The average molecular weight is 435 g/mol. The number of ether oxygens (including phenoxy) is 1. The first-order chi connectivity index (χ1) is 15.5. The summed E-state index contributed by atoms with van der Waals surface area (Å²) >= 11 is 0. The number of fused-ring (bicyclic) bond motifs is 3. The van der Waals surface area contributed by atoms with Crippen molar-refractivity contribution in [3.05, 3.63) is 80.7 Å². The van der Waals surface area contributed by atoms with Crippen molar-refractivity contribution in [2.75, 3.05) is 18.6 Å². The van der Waals surface area contributed by atoms with Crippen LogP contribution in [0, 0.1) is 5.82 Å². The van der Waals surface area contributed by atoms with E-state index in [1.807, 2.05) is 33.7 Å². The molecule has 0 aliphatic carbocycles. The van der Waals surface area contributed by atoms with Gasteiger partial charge in [0.2, 0.25) is 5.95 Å². The summed E-state index contributed by atoms with van der Waals surface area (Å²) in [6, 6.07) is 13.4. The van der Waals surface area contributed by atoms with E-state index in [9.17, 15) is 14.0 Å². The molecule has 0 bridgehead atoms. The van der Waals surface area contributed by atoms with Crippen LogP contribution in [0.15, 0.2) is 58.1 Å². The van der Waals surface area contributed by atoms with Crippen LogP contribution in [0.5, 0.6) is 5.75 Å². The fourth-order valence-corrected chi connectivity index (χ4v) is 4.18. The number of aryl methyl sites for hydroxylation is 2. The number of aromatic nitrogens is 4. The summed E-state index contributed by atoms with van der Waals surface area (Å²) in [5, 5.41) is 0. The van der Waals surface area contributed by atoms with Crippen molar-refractivity contribution in [2.45, 2.75) is 19.5 Å². The first-order valence-corrected chi connectivity index (χ1v) is 10.3. The highest BCUT2D eigenvalue weighted by atomic mass is 19.1. The normalized spacial score (nSPS) is 13.4. The molecule has 1 aliphatic heterocycles. The molecule has 164 valence electrons. The van der Waals surface area contributed by atoms with Crippen molar-refractivity contribution in [2.24, 2.45) is 7.05 Å². The third kappa shape index (κ3) is 3.17. The zero-order chi connectivity index (χ0) is 22.4. The average Bonchev–Trinajstić information content (AvgIpc) is 3.22. The first-order valence-electron chi connectivity index (χ1n) is 10.3. The van der Waals surface area contributed by atoms with E-state index in [1.54, 1.807) is 26.3 Å². The molecular formula is C23H22FN5O3. The van der Waals surface area contributed by atoms with Crippen LogP contribution in [-0.2, 0) is 20.1 Å². The molecule has 0 saturated carbocycles. The van der Waals surface area contributed by atoms with E-state index in [0.717, 1.165) is 24.4 Å². The van der Waals surface area contributed by atoms with E-state index in [2.05, 4.69) is 0 Å². The Kier molecular flexibility index (Phi) is 4.80. The van der Waals surface area contributed by atoms with Gasteiger partial charge in [-0.2, -0.15) is 4.98 Å². The number of nitrogens with zero attached hydrogens (tertiary/aromatic N) is 5. The van der Waals surface area contributed by atoms with E-state index in [0.29, 0.717) is 29.2 Å². The van der Waals surface area contributed by atoms with Crippen molar-refractivity contribution in [1.29, 1.82) is 0 Å². The van der Waals surface area contributed by atoms with Crippen molar-refractivity contribution in [1.82, 2.24) is 18.7 Å². The van der Waals surface area contributed by atoms with Gasteiger partial charge in [-0.15, -0.1) is 0 Å². The number of hydrogen-bond donors (Lipinski definition) is 0. The Bertz CT molecular complexity index is 1420. The minimum absolute atomic E-state index is 0.0600. The molecule has 0 fully saturated rings. The molecule has 1 aliphatic rings. The second-order valence-corrected chi connectivity index (χ2v) is 7.80. The lowest BCUT2D eigenvalue weighted by molar-refractivity contribution is 0.415. The molecular weight excluding hydrogens is 413 g/mol. The van der Waals surface area contributed by atoms with Gasteiger partial charge in [0.1, 0.15) is 11.6 Å². The highest BCUT2D eigenvalue weighted by Crippen LogP contribution is 2.31. The third-order valence-electron chi connectivity index (χ3n) is 5.86. The van der Waals surface area contributed by atoms with Crippen LogP contribution < -0.4 is 20.9 Å². The zero-order valence-electron chi connectivity index (χ0n) is 17.8. The SMILES string of the molecule is COc1ccc(N2CCCn3c2nc2c3c(=O)n(Cc3ccc(F)cc3)c(=O)n2C)cc1. The monoisotopic (exact) mass is 435 g/mol. The van der Waals surface area contributed by atoms with E-state index in [-0.39, 0.29) is 12.4 Å². The molecule has 0 radical (unpaired) electrons. The highest BCUT2D eigenvalue weighted by molar-refractivity contribution is 5.77. The van der Waals surface area contributed by atoms with Gasteiger partial charge in [0.25, 0.3) is 5.56 Å². The predicted octanol–water partition coefficient (Wildman–Crippen LogP) is 2.63. The Morgan fingerprint density at radius 3 is 2.44 bits per heavy atom. The number of imidazole rings is 1. The lowest BCUT2D eigenvalue weighted by Crippen LogP contribution is -2.40. The Labute approximate surface area is 182 Å². The molecule has 0 N–H and O–H groups in total. The van der Waals surface area contributed by atoms with E-state index in [4.69, 9.17) is 9.72 Å². The molecule has 2 aromatic carbocycles. The number of rotatable bonds is 4. The number of benzene rings is 2. The summed E-state index contributed by atoms with van der Waals surface area (Å²) < 4.78 is 23.0. The van der Waals surface area contributed by atoms with Crippen molar-refractivity contribution in [3.8, 4) is 5.75 Å². The number of hydrogen-bond acceptors (Lipinski definition) is 5. The number of anilines is 2. The fourth-order valence-electron chi connectivity index (χ4n) is 4.18. The predicted molar refractivity (Wildman–Crippen MR) is 119 cm³/mol. The quantitative estimate of drug-likeness (QED) is 0.493. The first kappa shape index (κ1) is 20.0. The van der Waals surface area contributed by atoms with Gasteiger partial charge in [-0.1, -0.05) is 12.1 Å². The van der Waals surface area contributed by atoms with Gasteiger partial charge in [0.15, 0.2) is 11.2 Å². The molecule has 0 atom stereocenters. The fraction of sp³-hybridized carbons (Fsp3) is 0.261. The number of methoxy groups -OCH3 is 1. The van der Waals surface area contributed by atoms with Gasteiger partial charge in [-0.25, -0.2) is 9.18 Å². The van der Waals surface area contributed by atoms with Crippen molar-refractivity contribution >= 4 is 22.8 Å². The van der Waals surface area contributed by atoms with Crippen molar-refractivity contribution in [3.63, 3.8) is 0 Å². The Balaban J connectivity index is 1.66. The summed E-state index contributed by atoms with van der Waals surface area (Å²) in [5.74, 6) is 1.02. The largest absolute Gasteiger partial charge is 0.497 e.